The van der Waals surface area contributed by atoms with Crippen LogP contribution in [-0.4, -0.2) is 285 Å². The molecule has 0 bridgehead atoms. The molecule has 0 aromatic carbocycles. The van der Waals surface area contributed by atoms with Crippen molar-refractivity contribution in [1.82, 2.24) is 10.6 Å². The summed E-state index contributed by atoms with van der Waals surface area (Å²) >= 11 is 0. The molecule has 5 rings (SSSR count). The molecule has 0 aromatic heterocycles. The quantitative estimate of drug-likeness (QED) is 0.0643. The second kappa shape index (κ2) is 23.1. The fourth-order valence-electron chi connectivity index (χ4n) is 8.37. The minimum absolute atomic E-state index is 0.806. The maximum Gasteiger partial charge on any atom is 0.364 e. The minimum Gasteiger partial charge on any atom is -0.477 e. The van der Waals surface area contributed by atoms with Gasteiger partial charge in [-0.15, -0.1) is 0 Å². The number of hydrogen-bond donors (Lipinski definition) is 18. The molecule has 67 heavy (non-hydrogen) atoms. The van der Waals surface area contributed by atoms with Gasteiger partial charge in [-0.2, -0.15) is 0 Å². The zero-order chi connectivity index (χ0) is 50.0. The Balaban J connectivity index is 1.54. The third-order valence-corrected chi connectivity index (χ3v) is 12.0. The highest BCUT2D eigenvalue weighted by atomic mass is 16.8. The molecule has 5 saturated heterocycles. The van der Waals surface area contributed by atoms with Crippen molar-refractivity contribution < 1.29 is 139 Å². The lowest BCUT2D eigenvalue weighted by Crippen LogP contribution is -2.71. The molecule has 5 heterocycles. The van der Waals surface area contributed by atoms with Crippen molar-refractivity contribution in [3.05, 3.63) is 0 Å². The Morgan fingerprint density at radius 2 is 1.21 bits per heavy atom. The molecular weight excluding hydrogens is 920 g/mol. The second-order valence-electron chi connectivity index (χ2n) is 16.9. The van der Waals surface area contributed by atoms with Crippen LogP contribution >= 0.6 is 0 Å². The molecule has 30 nitrogen and oxygen atoms in total. The van der Waals surface area contributed by atoms with E-state index >= 15 is 0 Å². The van der Waals surface area contributed by atoms with Crippen LogP contribution in [0.5, 0.6) is 0 Å². The van der Waals surface area contributed by atoms with Crippen molar-refractivity contribution in [3.8, 4) is 0 Å². The number of ether oxygens (including phenoxy) is 9. The highest BCUT2D eigenvalue weighted by Gasteiger charge is 2.61. The summed E-state index contributed by atoms with van der Waals surface area (Å²) in [6.07, 6.45) is -46.0. The fraction of sp³-hybridized carbons (Fsp3) is 0.919. The van der Waals surface area contributed by atoms with E-state index in [-0.39, 0.29) is 0 Å². The molecule has 0 aromatic rings. The molecule has 5 aliphatic rings. The number of rotatable bonds is 17. The van der Waals surface area contributed by atoms with Gasteiger partial charge in [0.2, 0.25) is 11.8 Å². The van der Waals surface area contributed by atoms with E-state index in [1.54, 1.807) is 0 Å². The number of carbonyl (C=O) groups is 3. The lowest BCUT2D eigenvalue weighted by molar-refractivity contribution is -0.391. The highest BCUT2D eigenvalue weighted by molar-refractivity contribution is 5.76. The average molecular weight is 983 g/mol. The van der Waals surface area contributed by atoms with Crippen LogP contribution in [-0.2, 0) is 57.0 Å². The number of amides is 2. The van der Waals surface area contributed by atoms with Crippen LogP contribution in [0.1, 0.15) is 27.2 Å². The van der Waals surface area contributed by atoms with Crippen LogP contribution in [0, 0.1) is 0 Å². The second-order valence-corrected chi connectivity index (χ2v) is 16.9. The zero-order valence-electron chi connectivity index (χ0n) is 36.0. The summed E-state index contributed by atoms with van der Waals surface area (Å²) in [7, 11) is 0. The average Bonchev–Trinajstić information content (AvgIpc) is 3.28. The summed E-state index contributed by atoms with van der Waals surface area (Å²) in [4.78, 5) is 37.9. The first-order chi connectivity index (χ1) is 31.4. The summed E-state index contributed by atoms with van der Waals surface area (Å²) in [5.74, 6) is -6.96. The van der Waals surface area contributed by atoms with Gasteiger partial charge in [-0.05, 0) is 6.92 Å². The molecule has 5 fully saturated rings. The van der Waals surface area contributed by atoms with Crippen LogP contribution in [0.4, 0.5) is 0 Å². The van der Waals surface area contributed by atoms with Crippen molar-refractivity contribution in [2.45, 2.75) is 186 Å². The molecule has 2 amide bonds. The number of aliphatic hydroxyl groups is 15. The first kappa shape index (κ1) is 55.4. The molecule has 388 valence electrons. The predicted molar refractivity (Wildman–Crippen MR) is 206 cm³/mol. The van der Waals surface area contributed by atoms with Gasteiger partial charge in [0.25, 0.3) is 5.79 Å². The molecule has 0 unspecified atom stereocenters. The molecule has 0 radical (unpaired) electrons. The highest BCUT2D eigenvalue weighted by Crippen LogP contribution is 2.39. The number of aliphatic hydroxyl groups excluding tert-OH is 15. The minimum atomic E-state index is -3.20. The summed E-state index contributed by atoms with van der Waals surface area (Å²) in [5, 5.41) is 174. The Bertz CT molecular complexity index is 1640. The van der Waals surface area contributed by atoms with Crippen molar-refractivity contribution in [2.75, 3.05) is 26.4 Å². The summed E-state index contributed by atoms with van der Waals surface area (Å²) in [6.45, 7) is -0.809. The van der Waals surface area contributed by atoms with Gasteiger partial charge >= 0.3 is 5.97 Å². The van der Waals surface area contributed by atoms with E-state index in [1.165, 1.54) is 6.92 Å². The maximum absolute atomic E-state index is 13.1. The predicted octanol–water partition coefficient (Wildman–Crippen LogP) is -11.4. The third kappa shape index (κ3) is 12.0. The molecule has 30 heteroatoms. The Morgan fingerprint density at radius 1 is 0.642 bits per heavy atom. The van der Waals surface area contributed by atoms with Crippen LogP contribution in [0.3, 0.4) is 0 Å². The molecule has 0 spiro atoms. The van der Waals surface area contributed by atoms with E-state index in [0.717, 1.165) is 13.8 Å². The molecule has 0 aliphatic carbocycles. The Kier molecular flexibility index (Phi) is 19.1. The van der Waals surface area contributed by atoms with Crippen molar-refractivity contribution >= 4 is 17.8 Å². The first-order valence-electron chi connectivity index (χ1n) is 21.1. The van der Waals surface area contributed by atoms with E-state index in [2.05, 4.69) is 10.6 Å². The number of hydrogen-bond acceptors (Lipinski definition) is 27. The fourth-order valence-corrected chi connectivity index (χ4v) is 8.37. The molecule has 26 atom stereocenters. The van der Waals surface area contributed by atoms with Gasteiger partial charge in [0.15, 0.2) is 25.2 Å². The van der Waals surface area contributed by atoms with Crippen LogP contribution in [0.15, 0.2) is 0 Å². The standard InChI is InChI=1S/C37H62N2O28/c1-9-19(47)23(51)26(54)34(60-9)64-28-15(7-42)63-33(59-8-16-21(49)24(52)25(53)32(56)61-16)18(39-11(3)44)30(28)65-35-27(55)31(22(50)14(6-41)62-35)67-37(36(57)58)4-12(45)17(38-10(2)43)29(66-37)20(48)13(46)5-40/h9,12-35,40-42,45-56H,4-8H2,1-3H3,(H,38,43)(H,39,44)(H,57,58)/t9-,12-,13+,14+,15+,16+,17+,18+,19+,20+,21-,22-,23+,24-,25+,26-,27+,28+,29+,30+,31-,32+,33+,34-,35-,37-/m0/s1. The van der Waals surface area contributed by atoms with Gasteiger partial charge in [-0.25, -0.2) is 4.79 Å². The number of carboxylic acids is 1. The Morgan fingerprint density at radius 3 is 1.79 bits per heavy atom. The monoisotopic (exact) mass is 982 g/mol. The molecular formula is C37H62N2O28. The number of carboxylic acid groups (broad SMARTS) is 1. The van der Waals surface area contributed by atoms with Crippen LogP contribution in [0.2, 0.25) is 0 Å². The van der Waals surface area contributed by atoms with Gasteiger partial charge in [-0.1, -0.05) is 0 Å². The molecule has 18 N–H and O–H groups in total. The first-order valence-corrected chi connectivity index (χ1v) is 21.1. The van der Waals surface area contributed by atoms with Gasteiger partial charge in [0.05, 0.1) is 44.7 Å². The van der Waals surface area contributed by atoms with E-state index in [0.29, 0.717) is 0 Å². The van der Waals surface area contributed by atoms with Crippen molar-refractivity contribution in [1.29, 1.82) is 0 Å². The molecule has 5 aliphatic heterocycles. The third-order valence-electron chi connectivity index (χ3n) is 12.0. The van der Waals surface area contributed by atoms with Gasteiger partial charge in [0.1, 0.15) is 110 Å². The number of nitrogens with one attached hydrogen (secondary N) is 2. The van der Waals surface area contributed by atoms with Gasteiger partial charge in [-0.3, -0.25) is 9.59 Å². The summed E-state index contributed by atoms with van der Waals surface area (Å²) in [5.41, 5.74) is 0. The maximum atomic E-state index is 13.1. The SMILES string of the molecule is CC(=O)N[C@H]1[C@H](OC[C@H]2O[C@@H](O)[C@H](O)[C@@H](O)[C@H]2O)O[C@H](CO)[C@@H](O[C@@H]2O[C@@H](C)[C@@H](O)[C@@H](O)[C@@H]2O)[C@@H]1O[C@@H]1O[C@H](CO)[C@H](O)[C@H](O[C@]2(C(=O)O)C[C@H](O)[C@@H](NC(C)=O)[C@H]([C@H](O)[C@H](O)CO)O2)[C@H]1O. The lowest BCUT2D eigenvalue weighted by atomic mass is 9.88. The number of aliphatic carboxylic acids is 1. The Hall–Kier alpha value is -2.55. The normalized spacial score (nSPS) is 47.1. The van der Waals surface area contributed by atoms with E-state index < -0.39 is 210 Å². The Labute approximate surface area is 379 Å². The van der Waals surface area contributed by atoms with Gasteiger partial charge in [0, 0.05) is 20.3 Å². The van der Waals surface area contributed by atoms with E-state index in [4.69, 9.17) is 42.6 Å². The largest absolute Gasteiger partial charge is 0.477 e. The van der Waals surface area contributed by atoms with Crippen molar-refractivity contribution in [2.24, 2.45) is 0 Å². The van der Waals surface area contributed by atoms with Crippen LogP contribution in [0.25, 0.3) is 0 Å². The smallest absolute Gasteiger partial charge is 0.364 e. The topological polar surface area (TPSA) is 482 Å². The molecule has 0 saturated carbocycles. The summed E-state index contributed by atoms with van der Waals surface area (Å²) < 4.78 is 51.8. The summed E-state index contributed by atoms with van der Waals surface area (Å²) in [6, 6.07) is -3.42. The van der Waals surface area contributed by atoms with E-state index in [9.17, 15) is 96.1 Å². The van der Waals surface area contributed by atoms with Crippen molar-refractivity contribution in [3.63, 3.8) is 0 Å². The lowest BCUT2D eigenvalue weighted by Gasteiger charge is -2.52. The van der Waals surface area contributed by atoms with Crippen LogP contribution < -0.4 is 10.6 Å². The van der Waals surface area contributed by atoms with Gasteiger partial charge < -0.3 is 135 Å². The zero-order valence-corrected chi connectivity index (χ0v) is 36.0. The number of carbonyl (C=O) groups excluding carboxylic acids is 2. The van der Waals surface area contributed by atoms with E-state index in [1.807, 2.05) is 0 Å².